The Labute approximate surface area is 170 Å². The Morgan fingerprint density at radius 2 is 1.79 bits per heavy atom. The topological polar surface area (TPSA) is 85.1 Å². The molecule has 1 heterocycles. The summed E-state index contributed by atoms with van der Waals surface area (Å²) >= 11 is 1.36. The van der Waals surface area contributed by atoms with Gasteiger partial charge in [-0.05, 0) is 34.5 Å². The summed E-state index contributed by atoms with van der Waals surface area (Å²) in [6, 6.07) is 20.1. The van der Waals surface area contributed by atoms with E-state index in [2.05, 4.69) is 28.5 Å². The van der Waals surface area contributed by atoms with Crippen molar-refractivity contribution in [2.24, 2.45) is 0 Å². The summed E-state index contributed by atoms with van der Waals surface area (Å²) in [5.41, 5.74) is 2.53. The van der Waals surface area contributed by atoms with Crippen LogP contribution in [0.5, 0.6) is 0 Å². The smallest absolute Gasteiger partial charge is 0.269 e. The number of benzene rings is 3. The lowest BCUT2D eigenvalue weighted by atomic mass is 10.0. The Morgan fingerprint density at radius 3 is 2.59 bits per heavy atom. The first-order valence-corrected chi connectivity index (χ1v) is 9.65. The monoisotopic (exact) mass is 401 g/mol. The van der Waals surface area contributed by atoms with Crippen molar-refractivity contribution < 1.29 is 9.72 Å². The normalized spacial score (nSPS) is 11.0. The molecule has 0 atom stereocenters. The molecule has 0 aliphatic heterocycles. The summed E-state index contributed by atoms with van der Waals surface area (Å²) in [5.74, 6) is -0.317. The molecule has 29 heavy (non-hydrogen) atoms. The van der Waals surface area contributed by atoms with Crippen LogP contribution in [0.15, 0.2) is 78.2 Å². The molecule has 0 saturated heterocycles. The van der Waals surface area contributed by atoms with Gasteiger partial charge in [-0.25, -0.2) is 4.98 Å². The zero-order valence-electron chi connectivity index (χ0n) is 15.1. The Bertz CT molecular complexity index is 1220. The fourth-order valence-corrected chi connectivity index (χ4v) is 3.64. The third-order valence-corrected chi connectivity index (χ3v) is 5.09. The number of carbonyl (C=O) groups is 1. The van der Waals surface area contributed by atoms with Crippen LogP contribution in [0.4, 0.5) is 10.8 Å². The van der Waals surface area contributed by atoms with E-state index >= 15 is 0 Å². The number of non-ortho nitro benzene ring substituents is 1. The molecule has 3 aromatic carbocycles. The summed E-state index contributed by atoms with van der Waals surface area (Å²) in [7, 11) is 0. The van der Waals surface area contributed by atoms with Crippen molar-refractivity contribution in [3.8, 4) is 11.3 Å². The van der Waals surface area contributed by atoms with Crippen LogP contribution in [0.2, 0.25) is 0 Å². The van der Waals surface area contributed by atoms with Gasteiger partial charge < -0.3 is 0 Å². The van der Waals surface area contributed by atoms with Gasteiger partial charge in [0.1, 0.15) is 0 Å². The molecule has 4 rings (SSSR count). The molecule has 1 N–H and O–H groups in total. The van der Waals surface area contributed by atoms with Crippen LogP contribution in [0, 0.1) is 10.1 Å². The third kappa shape index (κ3) is 4.20. The van der Waals surface area contributed by atoms with Gasteiger partial charge in [0.2, 0.25) is 5.91 Å². The first-order chi connectivity index (χ1) is 14.1. The standard InChI is InChI=1S/C22H15N3O3S/c26-21(13-10-15-8-11-17(12-9-15)25(27)28)24-22-23-20(14-29-22)19-7-3-5-16-4-1-2-6-18(16)19/h1-14H,(H,23,24,26). The van der Waals surface area contributed by atoms with E-state index in [-0.39, 0.29) is 11.6 Å². The quantitative estimate of drug-likeness (QED) is 0.271. The molecule has 6 nitrogen and oxygen atoms in total. The van der Waals surface area contributed by atoms with Gasteiger partial charge in [-0.3, -0.25) is 20.2 Å². The van der Waals surface area contributed by atoms with Crippen molar-refractivity contribution in [3.05, 3.63) is 93.9 Å². The highest BCUT2D eigenvalue weighted by Gasteiger charge is 2.09. The molecule has 0 saturated carbocycles. The summed E-state index contributed by atoms with van der Waals surface area (Å²) in [5, 5.41) is 18.1. The number of hydrogen-bond donors (Lipinski definition) is 1. The van der Waals surface area contributed by atoms with Crippen LogP contribution in [0.25, 0.3) is 28.1 Å². The molecule has 0 bridgehead atoms. The molecular formula is C22H15N3O3S. The van der Waals surface area contributed by atoms with Crippen molar-refractivity contribution in [3.63, 3.8) is 0 Å². The van der Waals surface area contributed by atoms with Crippen LogP contribution in [0.1, 0.15) is 5.56 Å². The second-order valence-electron chi connectivity index (χ2n) is 6.24. The third-order valence-electron chi connectivity index (χ3n) is 4.33. The van der Waals surface area contributed by atoms with Crippen LogP contribution in [-0.2, 0) is 4.79 Å². The molecule has 1 amide bonds. The molecule has 142 valence electrons. The van der Waals surface area contributed by atoms with Crippen LogP contribution in [0.3, 0.4) is 0 Å². The predicted octanol–water partition coefficient (Wildman–Crippen LogP) is 5.52. The number of rotatable bonds is 5. The second-order valence-corrected chi connectivity index (χ2v) is 7.09. The van der Waals surface area contributed by atoms with Crippen molar-refractivity contribution in [1.29, 1.82) is 0 Å². The predicted molar refractivity (Wildman–Crippen MR) is 116 cm³/mol. The Kier molecular flexibility index (Phi) is 5.13. The minimum atomic E-state index is -0.462. The number of nitrogens with zero attached hydrogens (tertiary/aromatic N) is 2. The summed E-state index contributed by atoms with van der Waals surface area (Å²) < 4.78 is 0. The highest BCUT2D eigenvalue weighted by Crippen LogP contribution is 2.30. The Balaban J connectivity index is 1.47. The largest absolute Gasteiger partial charge is 0.298 e. The number of nitrogens with one attached hydrogen (secondary N) is 1. The first-order valence-electron chi connectivity index (χ1n) is 8.77. The fourth-order valence-electron chi connectivity index (χ4n) is 2.93. The van der Waals surface area contributed by atoms with Gasteiger partial charge in [-0.1, -0.05) is 42.5 Å². The van der Waals surface area contributed by atoms with E-state index in [1.54, 1.807) is 18.2 Å². The number of fused-ring (bicyclic) bond motifs is 1. The van der Waals surface area contributed by atoms with E-state index in [9.17, 15) is 14.9 Å². The van der Waals surface area contributed by atoms with Crippen LogP contribution >= 0.6 is 11.3 Å². The minimum absolute atomic E-state index is 0.00959. The Morgan fingerprint density at radius 1 is 1.03 bits per heavy atom. The molecule has 0 aliphatic rings. The molecule has 4 aromatic rings. The van der Waals surface area contributed by atoms with E-state index in [1.165, 1.54) is 29.5 Å². The fraction of sp³-hybridized carbons (Fsp3) is 0. The molecule has 0 fully saturated rings. The summed E-state index contributed by atoms with van der Waals surface area (Å²) in [6.07, 6.45) is 2.97. The number of carbonyl (C=O) groups excluding carboxylic acids is 1. The number of anilines is 1. The average Bonchev–Trinajstić information content (AvgIpc) is 3.20. The Hall–Kier alpha value is -3.84. The maximum Gasteiger partial charge on any atom is 0.269 e. The molecular weight excluding hydrogens is 386 g/mol. The first kappa shape index (κ1) is 18.5. The maximum atomic E-state index is 12.2. The van der Waals surface area contributed by atoms with E-state index in [0.29, 0.717) is 10.7 Å². The molecule has 0 unspecified atom stereocenters. The van der Waals surface area contributed by atoms with Crippen molar-refractivity contribution in [1.82, 2.24) is 4.98 Å². The van der Waals surface area contributed by atoms with Gasteiger partial charge in [0.15, 0.2) is 5.13 Å². The van der Waals surface area contributed by atoms with E-state index < -0.39 is 4.92 Å². The highest BCUT2D eigenvalue weighted by molar-refractivity contribution is 7.14. The van der Waals surface area contributed by atoms with E-state index in [4.69, 9.17) is 0 Å². The lowest BCUT2D eigenvalue weighted by Crippen LogP contribution is -2.07. The number of nitro groups is 1. The number of hydrogen-bond acceptors (Lipinski definition) is 5. The summed E-state index contributed by atoms with van der Waals surface area (Å²) in [4.78, 5) is 26.9. The minimum Gasteiger partial charge on any atom is -0.298 e. The van der Waals surface area contributed by atoms with Crippen molar-refractivity contribution in [2.45, 2.75) is 0 Å². The van der Waals surface area contributed by atoms with Gasteiger partial charge in [-0.2, -0.15) is 0 Å². The maximum absolute atomic E-state index is 12.2. The van der Waals surface area contributed by atoms with Crippen LogP contribution < -0.4 is 5.32 Å². The van der Waals surface area contributed by atoms with Gasteiger partial charge in [0.05, 0.1) is 10.6 Å². The van der Waals surface area contributed by atoms with Gasteiger partial charge in [0.25, 0.3) is 5.69 Å². The van der Waals surface area contributed by atoms with E-state index in [1.807, 2.05) is 29.6 Å². The zero-order chi connectivity index (χ0) is 20.2. The van der Waals surface area contributed by atoms with Gasteiger partial charge >= 0.3 is 0 Å². The van der Waals surface area contributed by atoms with Gasteiger partial charge in [-0.15, -0.1) is 11.3 Å². The van der Waals surface area contributed by atoms with E-state index in [0.717, 1.165) is 22.0 Å². The number of nitro benzene ring substituents is 1. The molecule has 7 heteroatoms. The number of amides is 1. The molecule has 1 aromatic heterocycles. The van der Waals surface area contributed by atoms with Gasteiger partial charge in [0, 0.05) is 29.2 Å². The number of thiazole rings is 1. The summed E-state index contributed by atoms with van der Waals surface area (Å²) in [6.45, 7) is 0. The average molecular weight is 401 g/mol. The molecule has 0 aliphatic carbocycles. The lowest BCUT2D eigenvalue weighted by Gasteiger charge is -2.03. The van der Waals surface area contributed by atoms with Crippen molar-refractivity contribution in [2.75, 3.05) is 5.32 Å². The second kappa shape index (κ2) is 8.04. The highest BCUT2D eigenvalue weighted by atomic mass is 32.1. The SMILES string of the molecule is O=C(C=Cc1ccc([N+](=O)[O-])cc1)Nc1nc(-c2cccc3ccccc23)cs1. The molecule has 0 spiro atoms. The van der Waals surface area contributed by atoms with Crippen molar-refractivity contribution >= 4 is 44.9 Å². The lowest BCUT2D eigenvalue weighted by molar-refractivity contribution is -0.384. The molecule has 0 radical (unpaired) electrons. The number of aromatic nitrogens is 1. The van der Waals surface area contributed by atoms with Crippen LogP contribution in [-0.4, -0.2) is 15.8 Å². The zero-order valence-corrected chi connectivity index (χ0v) is 15.9.